The van der Waals surface area contributed by atoms with Crippen LogP contribution in [0.3, 0.4) is 0 Å². The van der Waals surface area contributed by atoms with E-state index in [-0.39, 0.29) is 0 Å². The fourth-order valence-corrected chi connectivity index (χ4v) is 5.75. The van der Waals surface area contributed by atoms with Crippen LogP contribution in [0.2, 0.25) is 6.32 Å². The van der Waals surface area contributed by atoms with Crippen LogP contribution in [0.25, 0.3) is 0 Å². The first kappa shape index (κ1) is 20.9. The van der Waals surface area contributed by atoms with E-state index in [9.17, 15) is 0 Å². The quantitative estimate of drug-likeness (QED) is 0.478. The number of piperidine rings is 1. The zero-order chi connectivity index (χ0) is 19.1. The zero-order valence-corrected chi connectivity index (χ0v) is 17.0. The fraction of sp³-hybridized carbons (Fsp3) is 0.739. The molecule has 1 aliphatic carbocycles. The van der Waals surface area contributed by atoms with Gasteiger partial charge in [0.2, 0.25) is 0 Å². The summed E-state index contributed by atoms with van der Waals surface area (Å²) < 4.78 is 5.87. The van der Waals surface area contributed by atoms with Crippen LogP contribution in [-0.4, -0.2) is 49.8 Å². The largest absolute Gasteiger partial charge is 0.454 e. The second kappa shape index (κ2) is 10.1. The Kier molecular flexibility index (Phi) is 7.80. The minimum atomic E-state index is 0.386. The second-order valence-corrected chi connectivity index (χ2v) is 8.70. The molecule has 2 heterocycles. The first-order chi connectivity index (χ1) is 13.2. The van der Waals surface area contributed by atoms with Gasteiger partial charge in [-0.05, 0) is 80.5 Å². The maximum absolute atomic E-state index is 8.93. The number of nitrogens with zero attached hydrogens (tertiary/aromatic N) is 1. The lowest BCUT2D eigenvalue weighted by Gasteiger charge is -2.45. The first-order valence-electron chi connectivity index (χ1n) is 11.0. The zero-order valence-electron chi connectivity index (χ0n) is 17.0. The fourth-order valence-electron chi connectivity index (χ4n) is 5.75. The highest BCUT2D eigenvalue weighted by Gasteiger charge is 2.43. The molecule has 27 heavy (non-hydrogen) atoms. The monoisotopic (exact) mass is 370 g/mol. The summed E-state index contributed by atoms with van der Waals surface area (Å²) in [6.07, 6.45) is 16.0. The Balaban J connectivity index is 1.60. The Morgan fingerprint density at radius 2 is 2.00 bits per heavy atom. The molecule has 4 heteroatoms. The van der Waals surface area contributed by atoms with Crippen molar-refractivity contribution in [1.29, 1.82) is 0 Å². The molecule has 149 valence electrons. The van der Waals surface area contributed by atoms with Crippen LogP contribution in [-0.2, 0) is 4.74 Å². The lowest BCUT2D eigenvalue weighted by molar-refractivity contribution is 0.0390. The van der Waals surface area contributed by atoms with Gasteiger partial charge >= 0.3 is 0 Å². The van der Waals surface area contributed by atoms with Gasteiger partial charge < -0.3 is 9.76 Å². The predicted molar refractivity (Wildman–Crippen MR) is 114 cm³/mol. The number of allylic oxidation sites excluding steroid dienone is 2. The average Bonchev–Trinajstić information content (AvgIpc) is 3.20. The van der Waals surface area contributed by atoms with Gasteiger partial charge in [-0.15, -0.1) is 0 Å². The Morgan fingerprint density at radius 3 is 2.63 bits per heavy atom. The maximum atomic E-state index is 8.93. The minimum Gasteiger partial charge on any atom is -0.454 e. The van der Waals surface area contributed by atoms with Crippen LogP contribution in [0.1, 0.15) is 57.8 Å². The van der Waals surface area contributed by atoms with E-state index < -0.39 is 0 Å². The molecule has 2 fully saturated rings. The number of likely N-dealkylation sites (tertiary alicyclic amines) is 1. The van der Waals surface area contributed by atoms with E-state index in [1.165, 1.54) is 76.7 Å². The molecule has 1 N–H and O–H groups in total. The summed E-state index contributed by atoms with van der Waals surface area (Å²) >= 11 is 0. The first-order valence-corrected chi connectivity index (χ1v) is 11.0. The second-order valence-electron chi connectivity index (χ2n) is 8.70. The summed E-state index contributed by atoms with van der Waals surface area (Å²) in [5, 5.41) is 8.93. The highest BCUT2D eigenvalue weighted by molar-refractivity contribution is 6.25. The summed E-state index contributed by atoms with van der Waals surface area (Å²) in [6, 6.07) is 0.543. The van der Waals surface area contributed by atoms with Crippen molar-refractivity contribution in [3.05, 3.63) is 36.5 Å². The number of unbranched alkanes of at least 4 members (excludes halogenated alkanes) is 1. The summed E-state index contributed by atoms with van der Waals surface area (Å²) in [5.74, 6) is 0.785. The van der Waals surface area contributed by atoms with Crippen molar-refractivity contribution in [2.24, 2.45) is 11.3 Å². The van der Waals surface area contributed by atoms with Crippen molar-refractivity contribution in [2.75, 3.05) is 26.3 Å². The molecule has 3 rings (SSSR count). The Bertz CT molecular complexity index is 530. The molecule has 1 radical (unpaired) electrons. The number of hydrogen-bond acceptors (Lipinski definition) is 3. The molecule has 0 saturated carbocycles. The summed E-state index contributed by atoms with van der Waals surface area (Å²) in [4.78, 5) is 2.71. The van der Waals surface area contributed by atoms with Gasteiger partial charge in [0.15, 0.2) is 0 Å². The van der Waals surface area contributed by atoms with Gasteiger partial charge in [0.1, 0.15) is 0 Å². The molecule has 0 spiro atoms. The summed E-state index contributed by atoms with van der Waals surface area (Å²) in [6.45, 7) is 12.4. The highest BCUT2D eigenvalue weighted by atomic mass is 16.5. The normalized spacial score (nSPS) is 30.5. The lowest BCUT2D eigenvalue weighted by Crippen LogP contribution is -2.46. The van der Waals surface area contributed by atoms with Crippen LogP contribution >= 0.6 is 0 Å². The van der Waals surface area contributed by atoms with E-state index in [1.807, 2.05) is 6.08 Å². The average molecular weight is 370 g/mol. The Morgan fingerprint density at radius 1 is 1.19 bits per heavy atom. The molecule has 0 bridgehead atoms. The molecule has 2 atom stereocenters. The van der Waals surface area contributed by atoms with E-state index in [4.69, 9.17) is 9.76 Å². The number of rotatable bonds is 9. The van der Waals surface area contributed by atoms with Crippen molar-refractivity contribution in [3.63, 3.8) is 0 Å². The Hall–Kier alpha value is -0.835. The molecule has 2 saturated heterocycles. The highest BCUT2D eigenvalue weighted by Crippen LogP contribution is 2.46. The molecule has 3 aliphatic rings. The topological polar surface area (TPSA) is 32.7 Å². The van der Waals surface area contributed by atoms with Crippen LogP contribution < -0.4 is 0 Å². The predicted octanol–water partition coefficient (Wildman–Crippen LogP) is 4.53. The summed E-state index contributed by atoms with van der Waals surface area (Å²) in [7, 11) is 1.31. The van der Waals surface area contributed by atoms with Crippen molar-refractivity contribution in [3.8, 4) is 0 Å². The van der Waals surface area contributed by atoms with Crippen LogP contribution in [0.4, 0.5) is 0 Å². The van der Waals surface area contributed by atoms with E-state index in [1.54, 1.807) is 0 Å². The van der Waals surface area contributed by atoms with E-state index in [0.29, 0.717) is 11.5 Å². The van der Waals surface area contributed by atoms with Gasteiger partial charge in [-0.25, -0.2) is 0 Å². The van der Waals surface area contributed by atoms with Gasteiger partial charge in [-0.3, -0.25) is 4.90 Å². The van der Waals surface area contributed by atoms with Crippen LogP contribution in [0, 0.1) is 11.3 Å². The van der Waals surface area contributed by atoms with Crippen molar-refractivity contribution in [1.82, 2.24) is 4.90 Å². The van der Waals surface area contributed by atoms with Gasteiger partial charge in [-0.2, -0.15) is 0 Å². The number of hydrogen-bond donors (Lipinski definition) is 1. The molecule has 0 aromatic carbocycles. The molecular formula is C23H37BNO2. The van der Waals surface area contributed by atoms with Gasteiger partial charge in [0.05, 0.1) is 6.61 Å². The third kappa shape index (κ3) is 4.78. The smallest absolute Gasteiger partial charge is 0.287 e. The van der Waals surface area contributed by atoms with Crippen molar-refractivity contribution < 1.29 is 9.76 Å². The Labute approximate surface area is 166 Å². The SMILES string of the molecule is C=CC1=C(C=C)C(N2CCC([C@]3(CCCC[B]O)CCOC3)CC2)CCC1. The third-order valence-electron chi connectivity index (χ3n) is 7.35. The van der Waals surface area contributed by atoms with Gasteiger partial charge in [0, 0.05) is 12.6 Å². The molecule has 0 aromatic heterocycles. The van der Waals surface area contributed by atoms with Crippen molar-refractivity contribution in [2.45, 2.75) is 70.1 Å². The van der Waals surface area contributed by atoms with E-state index in [0.717, 1.165) is 38.3 Å². The molecule has 2 aliphatic heterocycles. The van der Waals surface area contributed by atoms with Crippen LogP contribution in [0.5, 0.6) is 0 Å². The molecule has 1 unspecified atom stereocenters. The van der Waals surface area contributed by atoms with E-state index >= 15 is 0 Å². The van der Waals surface area contributed by atoms with Gasteiger partial charge in [-0.1, -0.05) is 44.5 Å². The molecular weight excluding hydrogens is 333 g/mol. The molecule has 0 aromatic rings. The summed E-state index contributed by atoms with van der Waals surface area (Å²) in [5.41, 5.74) is 3.22. The van der Waals surface area contributed by atoms with Crippen LogP contribution in [0.15, 0.2) is 36.5 Å². The van der Waals surface area contributed by atoms with Gasteiger partial charge in [0.25, 0.3) is 7.48 Å². The van der Waals surface area contributed by atoms with Crippen molar-refractivity contribution >= 4 is 7.48 Å². The number of ether oxygens (including phenoxy) is 1. The molecule has 3 nitrogen and oxygen atoms in total. The third-order valence-corrected chi connectivity index (χ3v) is 7.35. The molecule has 0 amide bonds. The lowest BCUT2D eigenvalue weighted by atomic mass is 9.67. The minimum absolute atomic E-state index is 0.386. The maximum Gasteiger partial charge on any atom is 0.287 e. The standard InChI is InChI=1S/C23H37BNO2/c1-3-19-8-7-9-22(21(19)4-2)25-15-10-20(11-16-25)23(13-17-27-18-23)12-5-6-14-24-26/h3-4,20,22,26H,1-2,5-18H2/t22?,23-/m1/s1. The van der Waals surface area contributed by atoms with E-state index in [2.05, 4.69) is 24.1 Å².